The molecule has 0 aliphatic heterocycles. The summed E-state index contributed by atoms with van der Waals surface area (Å²) in [5, 5.41) is 6.53. The Morgan fingerprint density at radius 3 is 2.17 bits per heavy atom. The smallest absolute Gasteiger partial charge is 0.191 e. The molecule has 6 nitrogen and oxygen atoms in total. The summed E-state index contributed by atoms with van der Waals surface area (Å²) in [4.78, 5) is 4.24. The molecule has 0 unspecified atom stereocenters. The summed E-state index contributed by atoms with van der Waals surface area (Å²) in [6.07, 6.45) is 0.766. The maximum Gasteiger partial charge on any atom is 0.191 e. The quantitative estimate of drug-likeness (QED) is 0.318. The normalized spacial score (nSPS) is 10.8. The summed E-state index contributed by atoms with van der Waals surface area (Å²) in [6.45, 7) is 3.04. The zero-order valence-corrected chi connectivity index (χ0v) is 19.8. The number of hydrogen-bond acceptors (Lipinski definition) is 4. The van der Waals surface area contributed by atoms with Gasteiger partial charge in [0.05, 0.1) is 33.4 Å². The molecule has 0 spiro atoms. The number of benzene rings is 2. The van der Waals surface area contributed by atoms with E-state index in [-0.39, 0.29) is 29.8 Å². The second-order valence-corrected chi connectivity index (χ2v) is 6.18. The SMILES string of the molecule is CN=C(NCCc1ccc(F)cc1C)NCc1c(OC)cc(OC)cc1OC.I. The van der Waals surface area contributed by atoms with Crippen LogP contribution >= 0.6 is 24.0 Å². The number of aliphatic imine (C=N–C) groups is 1. The van der Waals surface area contributed by atoms with Gasteiger partial charge in [0.15, 0.2) is 5.96 Å². The van der Waals surface area contributed by atoms with Crippen LogP contribution in [0.1, 0.15) is 16.7 Å². The first-order valence-electron chi connectivity index (χ1n) is 9.00. The summed E-state index contributed by atoms with van der Waals surface area (Å²) < 4.78 is 29.4. The zero-order valence-electron chi connectivity index (χ0n) is 17.5. The second kappa shape index (κ2) is 12.4. The van der Waals surface area contributed by atoms with E-state index in [0.717, 1.165) is 23.1 Å². The van der Waals surface area contributed by atoms with Crippen LogP contribution < -0.4 is 24.8 Å². The van der Waals surface area contributed by atoms with Gasteiger partial charge in [0, 0.05) is 25.7 Å². The van der Waals surface area contributed by atoms with Crippen LogP contribution in [0.5, 0.6) is 17.2 Å². The average Bonchev–Trinajstić information content (AvgIpc) is 2.71. The second-order valence-electron chi connectivity index (χ2n) is 6.18. The van der Waals surface area contributed by atoms with Gasteiger partial charge in [-0.25, -0.2) is 4.39 Å². The highest BCUT2D eigenvalue weighted by atomic mass is 127. The van der Waals surface area contributed by atoms with Crippen LogP contribution in [0.2, 0.25) is 0 Å². The van der Waals surface area contributed by atoms with Crippen LogP contribution in [0.15, 0.2) is 35.3 Å². The van der Waals surface area contributed by atoms with Gasteiger partial charge in [-0.1, -0.05) is 6.07 Å². The molecule has 2 aromatic rings. The van der Waals surface area contributed by atoms with Crippen molar-refractivity contribution >= 4 is 29.9 Å². The van der Waals surface area contributed by atoms with Gasteiger partial charge in [-0.05, 0) is 36.6 Å². The van der Waals surface area contributed by atoms with Gasteiger partial charge in [-0.2, -0.15) is 0 Å². The van der Waals surface area contributed by atoms with Crippen molar-refractivity contribution in [1.29, 1.82) is 0 Å². The van der Waals surface area contributed by atoms with Gasteiger partial charge < -0.3 is 24.8 Å². The number of ether oxygens (including phenoxy) is 3. The van der Waals surface area contributed by atoms with Crippen molar-refractivity contribution in [2.24, 2.45) is 4.99 Å². The van der Waals surface area contributed by atoms with E-state index in [1.807, 2.05) is 25.1 Å². The van der Waals surface area contributed by atoms with E-state index in [1.165, 1.54) is 6.07 Å². The van der Waals surface area contributed by atoms with Crippen LogP contribution in [0, 0.1) is 12.7 Å². The van der Waals surface area contributed by atoms with Gasteiger partial charge in [0.1, 0.15) is 23.1 Å². The lowest BCUT2D eigenvalue weighted by Gasteiger charge is -2.17. The van der Waals surface area contributed by atoms with E-state index in [2.05, 4.69) is 15.6 Å². The predicted octanol–water partition coefficient (Wildman–Crippen LogP) is 3.69. The standard InChI is InChI=1S/C21H28FN3O3.HI/c1-14-10-16(22)7-6-15(14)8-9-24-21(23-2)25-13-18-19(27-4)11-17(26-3)12-20(18)28-5;/h6-7,10-12H,8-9,13H2,1-5H3,(H2,23,24,25);1H. The van der Waals surface area contributed by atoms with Crippen molar-refractivity contribution in [3.05, 3.63) is 52.8 Å². The molecule has 0 aromatic heterocycles. The van der Waals surface area contributed by atoms with E-state index in [1.54, 1.807) is 34.4 Å². The van der Waals surface area contributed by atoms with Crippen molar-refractivity contribution in [2.75, 3.05) is 34.9 Å². The van der Waals surface area contributed by atoms with Crippen molar-refractivity contribution in [1.82, 2.24) is 10.6 Å². The van der Waals surface area contributed by atoms with Crippen LogP contribution in [-0.4, -0.2) is 40.9 Å². The van der Waals surface area contributed by atoms with E-state index in [0.29, 0.717) is 36.3 Å². The Balaban J connectivity index is 0.00000420. The lowest BCUT2D eigenvalue weighted by molar-refractivity contribution is 0.368. The molecule has 0 bridgehead atoms. The number of nitrogens with one attached hydrogen (secondary N) is 2. The molecule has 0 atom stereocenters. The highest BCUT2D eigenvalue weighted by Crippen LogP contribution is 2.33. The average molecular weight is 517 g/mol. The molecule has 29 heavy (non-hydrogen) atoms. The topological polar surface area (TPSA) is 64.1 Å². The highest BCUT2D eigenvalue weighted by molar-refractivity contribution is 14.0. The van der Waals surface area contributed by atoms with Crippen molar-refractivity contribution in [2.45, 2.75) is 19.9 Å². The van der Waals surface area contributed by atoms with Crippen LogP contribution in [-0.2, 0) is 13.0 Å². The first kappa shape index (κ1) is 24.8. The van der Waals surface area contributed by atoms with Crippen LogP contribution in [0.3, 0.4) is 0 Å². The Hall–Kier alpha value is -2.23. The van der Waals surface area contributed by atoms with E-state index < -0.39 is 0 Å². The lowest BCUT2D eigenvalue weighted by Crippen LogP contribution is -2.38. The predicted molar refractivity (Wildman–Crippen MR) is 125 cm³/mol. The number of rotatable bonds is 8. The third-order valence-corrected chi connectivity index (χ3v) is 4.46. The molecule has 0 fully saturated rings. The summed E-state index contributed by atoms with van der Waals surface area (Å²) in [5.41, 5.74) is 2.91. The number of methoxy groups -OCH3 is 3. The molecule has 0 saturated carbocycles. The minimum atomic E-state index is -0.214. The van der Waals surface area contributed by atoms with Gasteiger partial charge in [-0.3, -0.25) is 4.99 Å². The fourth-order valence-electron chi connectivity index (χ4n) is 2.90. The largest absolute Gasteiger partial charge is 0.496 e. The molecule has 0 radical (unpaired) electrons. The van der Waals surface area contributed by atoms with Gasteiger partial charge in [0.2, 0.25) is 0 Å². The highest BCUT2D eigenvalue weighted by Gasteiger charge is 2.13. The Morgan fingerprint density at radius 1 is 1.00 bits per heavy atom. The summed E-state index contributed by atoms with van der Waals surface area (Å²) in [5.74, 6) is 2.44. The molecule has 0 aliphatic rings. The van der Waals surface area contributed by atoms with E-state index >= 15 is 0 Å². The van der Waals surface area contributed by atoms with Gasteiger partial charge in [-0.15, -0.1) is 24.0 Å². The van der Waals surface area contributed by atoms with Gasteiger partial charge >= 0.3 is 0 Å². The molecule has 0 amide bonds. The third kappa shape index (κ3) is 6.95. The van der Waals surface area contributed by atoms with E-state index in [9.17, 15) is 4.39 Å². The Bertz CT molecular complexity index is 806. The van der Waals surface area contributed by atoms with Crippen molar-refractivity contribution in [3.63, 3.8) is 0 Å². The molecular formula is C21H29FIN3O3. The minimum Gasteiger partial charge on any atom is -0.496 e. The first-order chi connectivity index (χ1) is 13.5. The summed E-state index contributed by atoms with van der Waals surface area (Å²) in [6, 6.07) is 8.47. The molecular weight excluding hydrogens is 488 g/mol. The maximum atomic E-state index is 13.2. The van der Waals surface area contributed by atoms with Crippen molar-refractivity contribution < 1.29 is 18.6 Å². The molecule has 2 aromatic carbocycles. The number of hydrogen-bond donors (Lipinski definition) is 2. The number of nitrogens with zero attached hydrogens (tertiary/aromatic N) is 1. The lowest BCUT2D eigenvalue weighted by atomic mass is 10.1. The molecule has 8 heteroatoms. The maximum absolute atomic E-state index is 13.2. The third-order valence-electron chi connectivity index (χ3n) is 4.46. The Kier molecular flexibility index (Phi) is 10.6. The van der Waals surface area contributed by atoms with Gasteiger partial charge in [0.25, 0.3) is 0 Å². The molecule has 2 rings (SSSR count). The number of aryl methyl sites for hydroxylation is 1. The first-order valence-corrected chi connectivity index (χ1v) is 9.00. The van der Waals surface area contributed by atoms with Crippen LogP contribution in [0.25, 0.3) is 0 Å². The molecule has 160 valence electrons. The van der Waals surface area contributed by atoms with Crippen LogP contribution in [0.4, 0.5) is 4.39 Å². The molecule has 0 aliphatic carbocycles. The molecule has 0 heterocycles. The fourth-order valence-corrected chi connectivity index (χ4v) is 2.90. The zero-order chi connectivity index (χ0) is 20.5. The number of guanidine groups is 1. The monoisotopic (exact) mass is 517 g/mol. The molecule has 0 saturated heterocycles. The summed E-state index contributed by atoms with van der Waals surface area (Å²) >= 11 is 0. The Labute approximate surface area is 188 Å². The Morgan fingerprint density at radius 2 is 1.66 bits per heavy atom. The summed E-state index contributed by atoms with van der Waals surface area (Å²) in [7, 11) is 6.52. The minimum absolute atomic E-state index is 0. The fraction of sp³-hybridized carbons (Fsp3) is 0.381. The molecule has 2 N–H and O–H groups in total. The number of halogens is 2. The van der Waals surface area contributed by atoms with Crippen molar-refractivity contribution in [3.8, 4) is 17.2 Å². The van der Waals surface area contributed by atoms with E-state index in [4.69, 9.17) is 14.2 Å².